The fourth-order valence-electron chi connectivity index (χ4n) is 2.52. The van der Waals surface area contributed by atoms with Crippen LogP contribution in [-0.4, -0.2) is 31.1 Å². The molecule has 0 bridgehead atoms. The monoisotopic (exact) mass is 383 g/mol. The van der Waals surface area contributed by atoms with Crippen molar-refractivity contribution >= 4 is 34.8 Å². The van der Waals surface area contributed by atoms with Crippen LogP contribution in [-0.2, 0) is 4.79 Å². The van der Waals surface area contributed by atoms with Gasteiger partial charge in [0, 0.05) is 42.4 Å². The highest BCUT2D eigenvalue weighted by atomic mass is 35.5. The Morgan fingerprint density at radius 3 is 2.70 bits per heavy atom. The first kappa shape index (κ1) is 18.7. The number of rotatable bonds is 5. The third kappa shape index (κ3) is 4.95. The van der Waals surface area contributed by atoms with Crippen molar-refractivity contribution in [1.82, 2.24) is 5.32 Å². The maximum atomic E-state index is 12.5. The van der Waals surface area contributed by atoms with Gasteiger partial charge in [0.05, 0.1) is 0 Å². The van der Waals surface area contributed by atoms with Gasteiger partial charge < -0.3 is 15.4 Å². The van der Waals surface area contributed by atoms with Gasteiger partial charge in [0.2, 0.25) is 0 Å². The summed E-state index contributed by atoms with van der Waals surface area (Å²) in [6.45, 7) is 0.476. The fraction of sp³-hybridized carbons (Fsp3) is 0.150. The molecule has 6 nitrogen and oxygen atoms in total. The van der Waals surface area contributed by atoms with Crippen molar-refractivity contribution in [2.45, 2.75) is 6.42 Å². The zero-order valence-electron chi connectivity index (χ0n) is 14.7. The zero-order chi connectivity index (χ0) is 19.2. The standard InChI is InChI=1S/C20H18ClN3O3/c1-22-20(26)18-12-17(8-9-23-18)27-16-7-2-4-13(10-16)19(25)24-15-6-3-5-14(21)11-15/h2-7,10-12H,8-9H2,1H3,(H,22,26)(H,24,25). The molecule has 1 aliphatic heterocycles. The predicted octanol–water partition coefficient (Wildman–Crippen LogP) is 3.45. The lowest BCUT2D eigenvalue weighted by atomic mass is 10.1. The topological polar surface area (TPSA) is 79.8 Å². The van der Waals surface area contributed by atoms with E-state index in [0.717, 1.165) is 0 Å². The van der Waals surface area contributed by atoms with Gasteiger partial charge in [0.1, 0.15) is 17.2 Å². The highest BCUT2D eigenvalue weighted by Gasteiger charge is 2.15. The number of benzene rings is 2. The zero-order valence-corrected chi connectivity index (χ0v) is 15.4. The van der Waals surface area contributed by atoms with Gasteiger partial charge in [-0.1, -0.05) is 23.7 Å². The van der Waals surface area contributed by atoms with Crippen LogP contribution in [0.4, 0.5) is 5.69 Å². The second-order valence-corrected chi connectivity index (χ2v) is 6.24. The van der Waals surface area contributed by atoms with Crippen molar-refractivity contribution in [3.8, 4) is 5.75 Å². The molecule has 2 aromatic rings. The lowest BCUT2D eigenvalue weighted by Gasteiger charge is -2.14. The smallest absolute Gasteiger partial charge is 0.269 e. The molecule has 138 valence electrons. The minimum Gasteiger partial charge on any atom is -0.462 e. The summed E-state index contributed by atoms with van der Waals surface area (Å²) < 4.78 is 5.84. The van der Waals surface area contributed by atoms with E-state index in [1.165, 1.54) is 0 Å². The molecular formula is C20H18ClN3O3. The molecule has 0 spiro atoms. The van der Waals surface area contributed by atoms with E-state index in [-0.39, 0.29) is 11.8 Å². The summed E-state index contributed by atoms with van der Waals surface area (Å²) >= 11 is 5.94. The highest BCUT2D eigenvalue weighted by Crippen LogP contribution is 2.21. The molecule has 1 heterocycles. The lowest BCUT2D eigenvalue weighted by Crippen LogP contribution is -2.28. The minimum atomic E-state index is -0.270. The summed E-state index contributed by atoms with van der Waals surface area (Å²) in [4.78, 5) is 28.3. The molecule has 0 saturated heterocycles. The van der Waals surface area contributed by atoms with Crippen molar-refractivity contribution in [2.75, 3.05) is 18.9 Å². The van der Waals surface area contributed by atoms with E-state index in [2.05, 4.69) is 15.6 Å². The molecule has 0 atom stereocenters. The van der Waals surface area contributed by atoms with Gasteiger partial charge in [0.25, 0.3) is 11.8 Å². The van der Waals surface area contributed by atoms with Gasteiger partial charge >= 0.3 is 0 Å². The Balaban J connectivity index is 1.72. The third-order valence-corrected chi connectivity index (χ3v) is 4.06. The van der Waals surface area contributed by atoms with Crippen molar-refractivity contribution in [2.24, 2.45) is 4.99 Å². The Morgan fingerprint density at radius 1 is 1.11 bits per heavy atom. The first-order chi connectivity index (χ1) is 13.0. The number of aliphatic imine (C=N–C) groups is 1. The second-order valence-electron chi connectivity index (χ2n) is 5.80. The van der Waals surface area contributed by atoms with Crippen LogP contribution in [0.15, 0.2) is 65.4 Å². The van der Waals surface area contributed by atoms with Gasteiger partial charge in [-0.3, -0.25) is 14.6 Å². The van der Waals surface area contributed by atoms with Gasteiger partial charge in [-0.05, 0) is 36.4 Å². The van der Waals surface area contributed by atoms with Crippen LogP contribution in [0, 0.1) is 0 Å². The van der Waals surface area contributed by atoms with Crippen molar-refractivity contribution < 1.29 is 14.3 Å². The molecular weight excluding hydrogens is 366 g/mol. The van der Waals surface area contributed by atoms with Crippen LogP contribution in [0.1, 0.15) is 16.8 Å². The van der Waals surface area contributed by atoms with E-state index in [1.54, 1.807) is 61.7 Å². The Kier molecular flexibility index (Phi) is 5.88. The summed E-state index contributed by atoms with van der Waals surface area (Å²) in [5.41, 5.74) is 1.39. The van der Waals surface area contributed by atoms with E-state index in [9.17, 15) is 9.59 Å². The summed E-state index contributed by atoms with van der Waals surface area (Å²) in [7, 11) is 1.55. The summed E-state index contributed by atoms with van der Waals surface area (Å²) in [6, 6.07) is 13.8. The maximum absolute atomic E-state index is 12.5. The second kappa shape index (κ2) is 8.51. The molecule has 0 radical (unpaired) electrons. The first-order valence-electron chi connectivity index (χ1n) is 8.37. The molecule has 0 aromatic heterocycles. The van der Waals surface area contributed by atoms with E-state index in [1.807, 2.05) is 0 Å². The van der Waals surface area contributed by atoms with E-state index >= 15 is 0 Å². The summed E-state index contributed by atoms with van der Waals surface area (Å²) in [6.07, 6.45) is 2.19. The number of hydrogen-bond acceptors (Lipinski definition) is 4. The molecule has 0 saturated carbocycles. The number of hydrogen-bond donors (Lipinski definition) is 2. The molecule has 0 aliphatic carbocycles. The largest absolute Gasteiger partial charge is 0.462 e. The van der Waals surface area contributed by atoms with Gasteiger partial charge in [-0.15, -0.1) is 0 Å². The average Bonchev–Trinajstić information content (AvgIpc) is 2.68. The Hall–Kier alpha value is -3.12. The van der Waals surface area contributed by atoms with E-state index < -0.39 is 0 Å². The molecule has 27 heavy (non-hydrogen) atoms. The van der Waals surface area contributed by atoms with Crippen LogP contribution < -0.4 is 15.4 Å². The van der Waals surface area contributed by atoms with Crippen LogP contribution in [0.3, 0.4) is 0 Å². The number of nitrogens with one attached hydrogen (secondary N) is 2. The van der Waals surface area contributed by atoms with Crippen molar-refractivity contribution in [3.63, 3.8) is 0 Å². The van der Waals surface area contributed by atoms with E-state index in [0.29, 0.717) is 46.5 Å². The minimum absolute atomic E-state index is 0.259. The lowest BCUT2D eigenvalue weighted by molar-refractivity contribution is -0.114. The summed E-state index contributed by atoms with van der Waals surface area (Å²) in [5.74, 6) is 0.604. The SMILES string of the molecule is CNC(=O)C1=NCCC(Oc2cccc(C(=O)Nc3cccc(Cl)c3)c2)=C1. The molecule has 2 aromatic carbocycles. The number of anilines is 1. The van der Waals surface area contributed by atoms with Crippen LogP contribution in [0.2, 0.25) is 5.02 Å². The number of nitrogens with zero attached hydrogens (tertiary/aromatic N) is 1. The maximum Gasteiger partial charge on any atom is 0.269 e. The third-order valence-electron chi connectivity index (χ3n) is 3.83. The normalized spacial score (nSPS) is 13.3. The molecule has 2 N–H and O–H groups in total. The van der Waals surface area contributed by atoms with Gasteiger partial charge in [-0.2, -0.15) is 0 Å². The molecule has 3 rings (SSSR count). The quantitative estimate of drug-likeness (QED) is 0.829. The van der Waals surface area contributed by atoms with E-state index in [4.69, 9.17) is 16.3 Å². The molecule has 0 unspecified atom stereocenters. The van der Waals surface area contributed by atoms with Crippen LogP contribution in [0.5, 0.6) is 5.75 Å². The Labute approximate surface area is 161 Å². The van der Waals surface area contributed by atoms with Gasteiger partial charge in [0.15, 0.2) is 0 Å². The molecule has 0 fully saturated rings. The molecule has 7 heteroatoms. The number of ether oxygens (including phenoxy) is 1. The number of carbonyl (C=O) groups is 2. The molecule has 2 amide bonds. The molecule has 1 aliphatic rings. The average molecular weight is 384 g/mol. The summed E-state index contributed by atoms with van der Waals surface area (Å²) in [5, 5.41) is 5.88. The van der Waals surface area contributed by atoms with Gasteiger partial charge in [-0.25, -0.2) is 0 Å². The predicted molar refractivity (Wildman–Crippen MR) is 106 cm³/mol. The van der Waals surface area contributed by atoms with Crippen LogP contribution >= 0.6 is 11.6 Å². The Bertz CT molecular complexity index is 938. The van der Waals surface area contributed by atoms with Crippen molar-refractivity contribution in [1.29, 1.82) is 0 Å². The van der Waals surface area contributed by atoms with Crippen LogP contribution in [0.25, 0.3) is 0 Å². The number of carbonyl (C=O) groups excluding carboxylic acids is 2. The number of dihydropyridines is 1. The Morgan fingerprint density at radius 2 is 1.93 bits per heavy atom. The first-order valence-corrected chi connectivity index (χ1v) is 8.75. The number of halogens is 1. The highest BCUT2D eigenvalue weighted by molar-refractivity contribution is 6.43. The fourth-order valence-corrected chi connectivity index (χ4v) is 2.71. The number of amides is 2. The van der Waals surface area contributed by atoms with Crippen molar-refractivity contribution in [3.05, 3.63) is 71.0 Å².